The lowest BCUT2D eigenvalue weighted by Gasteiger charge is -2.06. The molecular weight excluding hydrogens is 246 g/mol. The van der Waals surface area contributed by atoms with Gasteiger partial charge in [-0.05, 0) is 18.9 Å². The number of hydrogen-bond donors (Lipinski definition) is 1. The Morgan fingerprint density at radius 1 is 1.37 bits per heavy atom. The van der Waals surface area contributed by atoms with Gasteiger partial charge >= 0.3 is 0 Å². The van der Waals surface area contributed by atoms with Gasteiger partial charge in [0.2, 0.25) is 0 Å². The van der Waals surface area contributed by atoms with E-state index in [1.54, 1.807) is 0 Å². The Hall–Kier alpha value is -1.69. The van der Waals surface area contributed by atoms with E-state index in [2.05, 4.69) is 17.3 Å². The maximum absolute atomic E-state index is 11.7. The van der Waals surface area contributed by atoms with Crippen molar-refractivity contribution in [3.8, 4) is 0 Å². The molecule has 1 N–H and O–H groups in total. The molecule has 0 spiro atoms. The highest BCUT2D eigenvalue weighted by molar-refractivity contribution is 5.91. The van der Waals surface area contributed by atoms with Gasteiger partial charge in [0.1, 0.15) is 5.69 Å². The highest BCUT2D eigenvalue weighted by Crippen LogP contribution is 1.91. The van der Waals surface area contributed by atoms with Crippen LogP contribution in [0.4, 0.5) is 0 Å². The number of rotatable bonds is 8. The number of unbranched alkanes of at least 4 members (excludes halogenated alkanes) is 1. The summed E-state index contributed by atoms with van der Waals surface area (Å²) in [6, 6.07) is 2.76. The zero-order valence-corrected chi connectivity index (χ0v) is 11.5. The Morgan fingerprint density at radius 2 is 2.11 bits per heavy atom. The second kappa shape index (κ2) is 8.42. The molecule has 6 heteroatoms. The summed E-state index contributed by atoms with van der Waals surface area (Å²) in [6.07, 6.45) is 2.95. The first-order valence-electron chi connectivity index (χ1n) is 6.55. The molecule has 106 valence electrons. The summed E-state index contributed by atoms with van der Waals surface area (Å²) in [6.45, 7) is 4.06. The van der Waals surface area contributed by atoms with Crippen LogP contribution >= 0.6 is 0 Å². The van der Waals surface area contributed by atoms with Gasteiger partial charge in [-0.15, -0.1) is 0 Å². The molecule has 1 rings (SSSR count). The van der Waals surface area contributed by atoms with Crippen LogP contribution in [-0.4, -0.2) is 35.4 Å². The Kier molecular flexibility index (Phi) is 6.81. The second-order valence-corrected chi connectivity index (χ2v) is 4.26. The fourth-order valence-corrected chi connectivity index (χ4v) is 1.44. The maximum Gasteiger partial charge on any atom is 0.271 e. The van der Waals surface area contributed by atoms with Gasteiger partial charge < -0.3 is 10.1 Å². The fraction of sp³-hybridized carbons (Fsp3) is 0.615. The summed E-state index contributed by atoms with van der Waals surface area (Å²) >= 11 is 0. The third-order valence-corrected chi connectivity index (χ3v) is 2.59. The van der Waals surface area contributed by atoms with Gasteiger partial charge in [0, 0.05) is 32.9 Å². The molecule has 1 heterocycles. The van der Waals surface area contributed by atoms with Crippen molar-refractivity contribution >= 4 is 5.91 Å². The zero-order chi connectivity index (χ0) is 14.1. The van der Waals surface area contributed by atoms with E-state index in [4.69, 9.17) is 4.74 Å². The van der Waals surface area contributed by atoms with Crippen molar-refractivity contribution in [1.82, 2.24) is 15.1 Å². The molecule has 1 aromatic rings. The Morgan fingerprint density at radius 3 is 2.79 bits per heavy atom. The normalized spacial score (nSPS) is 10.4. The van der Waals surface area contributed by atoms with Crippen LogP contribution in [0.15, 0.2) is 16.9 Å². The third kappa shape index (κ3) is 5.65. The first-order chi connectivity index (χ1) is 9.15. The van der Waals surface area contributed by atoms with E-state index in [1.807, 2.05) is 0 Å². The minimum absolute atomic E-state index is 0.235. The van der Waals surface area contributed by atoms with Crippen LogP contribution in [0.25, 0.3) is 0 Å². The largest absolute Gasteiger partial charge is 0.381 e. The first-order valence-corrected chi connectivity index (χ1v) is 6.55. The number of nitrogens with one attached hydrogen (secondary N) is 1. The van der Waals surface area contributed by atoms with Crippen molar-refractivity contribution < 1.29 is 9.53 Å². The van der Waals surface area contributed by atoms with Crippen LogP contribution in [0.1, 0.15) is 36.7 Å². The average Bonchev–Trinajstić information content (AvgIpc) is 2.40. The highest BCUT2D eigenvalue weighted by atomic mass is 16.5. The van der Waals surface area contributed by atoms with Crippen LogP contribution in [0.3, 0.4) is 0 Å². The lowest BCUT2D eigenvalue weighted by Crippen LogP contribution is -2.29. The molecule has 0 aliphatic heterocycles. The molecule has 0 aromatic carbocycles. The molecule has 0 radical (unpaired) electrons. The molecule has 0 atom stereocenters. The molecule has 19 heavy (non-hydrogen) atoms. The fourth-order valence-electron chi connectivity index (χ4n) is 1.44. The number of nitrogens with zero attached hydrogens (tertiary/aromatic N) is 2. The SMILES string of the molecule is CCCCOCCCNC(=O)c1ccc(=O)n(C)n1. The van der Waals surface area contributed by atoms with Crippen LogP contribution in [-0.2, 0) is 11.8 Å². The van der Waals surface area contributed by atoms with Crippen LogP contribution in [0.2, 0.25) is 0 Å². The van der Waals surface area contributed by atoms with Gasteiger partial charge in [-0.1, -0.05) is 13.3 Å². The molecule has 0 bridgehead atoms. The van der Waals surface area contributed by atoms with E-state index in [0.29, 0.717) is 13.2 Å². The Bertz CT molecular complexity index is 457. The molecule has 0 aliphatic carbocycles. The molecule has 0 saturated carbocycles. The van der Waals surface area contributed by atoms with Crippen LogP contribution < -0.4 is 10.9 Å². The topological polar surface area (TPSA) is 73.2 Å². The van der Waals surface area contributed by atoms with Crippen molar-refractivity contribution in [3.05, 3.63) is 28.2 Å². The molecule has 0 aliphatic rings. The number of carbonyl (C=O) groups is 1. The predicted molar refractivity (Wildman–Crippen MR) is 72.2 cm³/mol. The number of hydrogen-bond acceptors (Lipinski definition) is 4. The van der Waals surface area contributed by atoms with Crippen molar-refractivity contribution in [2.45, 2.75) is 26.2 Å². The van der Waals surface area contributed by atoms with Crippen molar-refractivity contribution in [1.29, 1.82) is 0 Å². The molecule has 0 saturated heterocycles. The second-order valence-electron chi connectivity index (χ2n) is 4.26. The summed E-state index contributed by atoms with van der Waals surface area (Å²) in [5, 5.41) is 6.61. The van der Waals surface area contributed by atoms with Gasteiger partial charge in [-0.25, -0.2) is 4.68 Å². The number of ether oxygens (including phenoxy) is 1. The summed E-state index contributed by atoms with van der Waals surface area (Å²) in [4.78, 5) is 22.8. The molecule has 0 unspecified atom stereocenters. The third-order valence-electron chi connectivity index (χ3n) is 2.59. The summed E-state index contributed by atoms with van der Waals surface area (Å²) in [5.74, 6) is -0.274. The van der Waals surface area contributed by atoms with E-state index in [1.165, 1.54) is 19.2 Å². The number of amides is 1. The Balaban J connectivity index is 2.24. The van der Waals surface area contributed by atoms with Crippen molar-refractivity contribution in [2.75, 3.05) is 19.8 Å². The smallest absolute Gasteiger partial charge is 0.271 e. The summed E-state index contributed by atoms with van der Waals surface area (Å²) in [5.41, 5.74) is 0.00914. The zero-order valence-electron chi connectivity index (χ0n) is 11.5. The average molecular weight is 267 g/mol. The van der Waals surface area contributed by atoms with Gasteiger partial charge in [0.05, 0.1) is 0 Å². The monoisotopic (exact) mass is 267 g/mol. The van der Waals surface area contributed by atoms with Gasteiger partial charge in [-0.3, -0.25) is 9.59 Å². The quantitative estimate of drug-likeness (QED) is 0.704. The summed E-state index contributed by atoms with van der Waals surface area (Å²) < 4.78 is 6.53. The van der Waals surface area contributed by atoms with E-state index < -0.39 is 0 Å². The first kappa shape index (κ1) is 15.4. The van der Waals surface area contributed by atoms with E-state index in [0.717, 1.165) is 30.6 Å². The van der Waals surface area contributed by atoms with Gasteiger partial charge in [0.15, 0.2) is 0 Å². The standard InChI is InChI=1S/C13H21N3O3/c1-3-4-9-19-10-5-8-14-13(18)11-6-7-12(17)16(2)15-11/h6-7H,3-5,8-10H2,1-2H3,(H,14,18). The van der Waals surface area contributed by atoms with Gasteiger partial charge in [-0.2, -0.15) is 5.10 Å². The molecule has 1 aromatic heterocycles. The maximum atomic E-state index is 11.7. The van der Waals surface area contributed by atoms with Crippen molar-refractivity contribution in [2.24, 2.45) is 7.05 Å². The van der Waals surface area contributed by atoms with E-state index >= 15 is 0 Å². The number of aryl methyl sites for hydroxylation is 1. The lowest BCUT2D eigenvalue weighted by atomic mass is 10.3. The summed E-state index contributed by atoms with van der Waals surface area (Å²) in [7, 11) is 1.51. The van der Waals surface area contributed by atoms with E-state index in [-0.39, 0.29) is 17.2 Å². The molecule has 0 fully saturated rings. The predicted octanol–water partition coefficient (Wildman–Crippen LogP) is 0.717. The lowest BCUT2D eigenvalue weighted by molar-refractivity contribution is 0.0933. The number of aromatic nitrogens is 2. The molecule has 1 amide bonds. The minimum atomic E-state index is -0.274. The molecular formula is C13H21N3O3. The Labute approximate surface area is 112 Å². The van der Waals surface area contributed by atoms with E-state index in [9.17, 15) is 9.59 Å². The van der Waals surface area contributed by atoms with Gasteiger partial charge in [0.25, 0.3) is 11.5 Å². The number of carbonyl (C=O) groups excluding carboxylic acids is 1. The highest BCUT2D eigenvalue weighted by Gasteiger charge is 2.07. The van der Waals surface area contributed by atoms with Crippen molar-refractivity contribution in [3.63, 3.8) is 0 Å². The minimum Gasteiger partial charge on any atom is -0.381 e. The molecule has 6 nitrogen and oxygen atoms in total. The van der Waals surface area contributed by atoms with Crippen LogP contribution in [0, 0.1) is 0 Å². The van der Waals surface area contributed by atoms with Crippen LogP contribution in [0.5, 0.6) is 0 Å².